The lowest BCUT2D eigenvalue weighted by molar-refractivity contribution is -0.122. The number of hydrogen-bond acceptors (Lipinski definition) is 2. The predicted octanol–water partition coefficient (Wildman–Crippen LogP) is 1.11. The molecule has 1 aromatic carbocycles. The maximum atomic E-state index is 11.5. The number of piperidine rings is 1. The molecule has 1 N–H and O–H groups in total. The van der Waals surface area contributed by atoms with E-state index in [2.05, 4.69) is 34.5 Å². The molecule has 0 radical (unpaired) electrons. The van der Waals surface area contributed by atoms with Gasteiger partial charge in [-0.2, -0.15) is 0 Å². The van der Waals surface area contributed by atoms with Gasteiger partial charge in [0, 0.05) is 32.6 Å². The van der Waals surface area contributed by atoms with Gasteiger partial charge in [-0.1, -0.05) is 30.3 Å². The molecule has 2 fully saturated rings. The summed E-state index contributed by atoms with van der Waals surface area (Å²) >= 11 is 0. The van der Waals surface area contributed by atoms with Crippen LogP contribution in [-0.4, -0.2) is 30.9 Å². The molecular weight excluding hydrogens is 212 g/mol. The van der Waals surface area contributed by atoms with Crippen molar-refractivity contribution in [1.29, 1.82) is 0 Å². The maximum Gasteiger partial charge on any atom is 0.223 e. The number of carbonyl (C=O) groups is 1. The summed E-state index contributed by atoms with van der Waals surface area (Å²) < 4.78 is 0. The third-order valence-electron chi connectivity index (χ3n) is 4.07. The van der Waals surface area contributed by atoms with E-state index in [1.165, 1.54) is 5.56 Å². The van der Waals surface area contributed by atoms with E-state index in [0.717, 1.165) is 19.6 Å². The molecule has 90 valence electrons. The molecule has 1 heterocycles. The van der Waals surface area contributed by atoms with Crippen LogP contribution < -0.4 is 5.32 Å². The van der Waals surface area contributed by atoms with Gasteiger partial charge in [0.25, 0.3) is 0 Å². The molecular formula is C14H18N2O. The lowest BCUT2D eigenvalue weighted by atomic mass is 10.2. The van der Waals surface area contributed by atoms with E-state index in [-0.39, 0.29) is 5.91 Å². The summed E-state index contributed by atoms with van der Waals surface area (Å²) in [6.07, 6.45) is 0. The minimum absolute atomic E-state index is 0.236. The zero-order valence-corrected chi connectivity index (χ0v) is 10.1. The van der Waals surface area contributed by atoms with E-state index in [1.54, 1.807) is 7.05 Å². The standard InChI is InChI=1S/C14H18N2O/c1-15-14(17)13-11-8-16(9-12(11)13)7-10-5-3-2-4-6-10/h2-6,11-13H,7-9H2,1H3,(H,15,17). The number of nitrogens with one attached hydrogen (secondary N) is 1. The van der Waals surface area contributed by atoms with Gasteiger partial charge in [0.05, 0.1) is 0 Å². The second-order valence-electron chi connectivity index (χ2n) is 5.15. The molecule has 2 atom stereocenters. The number of benzene rings is 1. The van der Waals surface area contributed by atoms with Crippen molar-refractivity contribution < 1.29 is 4.79 Å². The van der Waals surface area contributed by atoms with Crippen LogP contribution in [-0.2, 0) is 11.3 Å². The van der Waals surface area contributed by atoms with Gasteiger partial charge < -0.3 is 5.32 Å². The van der Waals surface area contributed by atoms with Crippen molar-refractivity contribution in [3.05, 3.63) is 35.9 Å². The summed E-state index contributed by atoms with van der Waals surface area (Å²) in [4.78, 5) is 14.0. The summed E-state index contributed by atoms with van der Waals surface area (Å²) in [5, 5.41) is 2.76. The molecule has 1 amide bonds. The van der Waals surface area contributed by atoms with Crippen LogP contribution in [0.3, 0.4) is 0 Å². The summed E-state index contributed by atoms with van der Waals surface area (Å²) in [6, 6.07) is 10.5. The number of amides is 1. The Morgan fingerprint density at radius 1 is 1.29 bits per heavy atom. The van der Waals surface area contributed by atoms with Crippen LogP contribution in [0.2, 0.25) is 0 Å². The topological polar surface area (TPSA) is 32.3 Å². The Labute approximate surface area is 102 Å². The van der Waals surface area contributed by atoms with E-state index in [4.69, 9.17) is 0 Å². The summed E-state index contributed by atoms with van der Waals surface area (Å²) in [7, 11) is 1.73. The minimum Gasteiger partial charge on any atom is -0.359 e. The molecule has 1 aliphatic carbocycles. The Balaban J connectivity index is 1.54. The molecule has 1 saturated heterocycles. The van der Waals surface area contributed by atoms with Crippen molar-refractivity contribution in [2.75, 3.05) is 20.1 Å². The molecule has 1 saturated carbocycles. The highest BCUT2D eigenvalue weighted by atomic mass is 16.2. The van der Waals surface area contributed by atoms with E-state index in [0.29, 0.717) is 17.8 Å². The summed E-state index contributed by atoms with van der Waals surface area (Å²) in [6.45, 7) is 3.18. The molecule has 1 aromatic rings. The first-order valence-electron chi connectivity index (χ1n) is 6.27. The van der Waals surface area contributed by atoms with Crippen molar-refractivity contribution in [3.8, 4) is 0 Å². The van der Waals surface area contributed by atoms with Gasteiger partial charge >= 0.3 is 0 Å². The number of likely N-dealkylation sites (tertiary alicyclic amines) is 1. The third-order valence-corrected chi connectivity index (χ3v) is 4.07. The Bertz CT molecular complexity index is 405. The van der Waals surface area contributed by atoms with Crippen LogP contribution in [0.15, 0.2) is 30.3 Å². The highest BCUT2D eigenvalue weighted by Gasteiger charge is 2.58. The average molecular weight is 230 g/mol. The van der Waals surface area contributed by atoms with Gasteiger partial charge in [-0.3, -0.25) is 9.69 Å². The fourth-order valence-corrected chi connectivity index (χ4v) is 3.14. The fourth-order valence-electron chi connectivity index (χ4n) is 3.14. The first-order valence-corrected chi connectivity index (χ1v) is 6.27. The van der Waals surface area contributed by atoms with Gasteiger partial charge in [0.2, 0.25) is 5.91 Å². The van der Waals surface area contributed by atoms with Crippen molar-refractivity contribution in [2.45, 2.75) is 6.54 Å². The highest BCUT2D eigenvalue weighted by Crippen LogP contribution is 2.51. The number of rotatable bonds is 3. The molecule has 17 heavy (non-hydrogen) atoms. The summed E-state index contributed by atoms with van der Waals surface area (Å²) in [5.41, 5.74) is 1.37. The largest absolute Gasteiger partial charge is 0.359 e. The second kappa shape index (κ2) is 4.15. The number of hydrogen-bond donors (Lipinski definition) is 1. The number of nitrogens with zero attached hydrogens (tertiary/aromatic N) is 1. The first kappa shape index (κ1) is 10.8. The van der Waals surface area contributed by atoms with Crippen LogP contribution in [0.25, 0.3) is 0 Å². The van der Waals surface area contributed by atoms with Crippen molar-refractivity contribution in [2.24, 2.45) is 17.8 Å². The molecule has 0 spiro atoms. The third kappa shape index (κ3) is 1.95. The second-order valence-corrected chi connectivity index (χ2v) is 5.15. The van der Waals surface area contributed by atoms with E-state index in [1.807, 2.05) is 6.07 Å². The monoisotopic (exact) mass is 230 g/mol. The van der Waals surface area contributed by atoms with Crippen molar-refractivity contribution >= 4 is 5.91 Å². The van der Waals surface area contributed by atoms with Crippen LogP contribution in [0.1, 0.15) is 5.56 Å². The molecule has 2 aliphatic rings. The predicted molar refractivity (Wildman–Crippen MR) is 66.3 cm³/mol. The molecule has 3 heteroatoms. The molecule has 3 rings (SSSR count). The Morgan fingerprint density at radius 3 is 2.53 bits per heavy atom. The average Bonchev–Trinajstić information content (AvgIpc) is 2.86. The highest BCUT2D eigenvalue weighted by molar-refractivity contribution is 5.82. The SMILES string of the molecule is CNC(=O)C1C2CN(Cc3ccccc3)CC21. The lowest BCUT2D eigenvalue weighted by Crippen LogP contribution is -2.29. The quantitative estimate of drug-likeness (QED) is 0.843. The Hall–Kier alpha value is -1.35. The van der Waals surface area contributed by atoms with Crippen LogP contribution in [0.4, 0.5) is 0 Å². The zero-order chi connectivity index (χ0) is 11.8. The van der Waals surface area contributed by atoms with Crippen LogP contribution in [0.5, 0.6) is 0 Å². The maximum absolute atomic E-state index is 11.5. The number of carbonyl (C=O) groups excluding carboxylic acids is 1. The van der Waals surface area contributed by atoms with Crippen LogP contribution in [0, 0.1) is 17.8 Å². The lowest BCUT2D eigenvalue weighted by Gasteiger charge is -2.19. The smallest absolute Gasteiger partial charge is 0.223 e. The van der Waals surface area contributed by atoms with E-state index in [9.17, 15) is 4.79 Å². The van der Waals surface area contributed by atoms with E-state index >= 15 is 0 Å². The van der Waals surface area contributed by atoms with Gasteiger partial charge in [0.1, 0.15) is 0 Å². The Morgan fingerprint density at radius 2 is 1.94 bits per heavy atom. The van der Waals surface area contributed by atoms with Crippen molar-refractivity contribution in [3.63, 3.8) is 0 Å². The van der Waals surface area contributed by atoms with Gasteiger partial charge in [-0.05, 0) is 17.4 Å². The summed E-state index contributed by atoms with van der Waals surface area (Å²) in [5.74, 6) is 1.75. The van der Waals surface area contributed by atoms with E-state index < -0.39 is 0 Å². The van der Waals surface area contributed by atoms with Gasteiger partial charge in [-0.25, -0.2) is 0 Å². The molecule has 3 nitrogen and oxygen atoms in total. The first-order chi connectivity index (χ1) is 8.29. The van der Waals surface area contributed by atoms with Crippen LogP contribution >= 0.6 is 0 Å². The molecule has 0 bridgehead atoms. The molecule has 1 aliphatic heterocycles. The fraction of sp³-hybridized carbons (Fsp3) is 0.500. The van der Waals surface area contributed by atoms with Crippen molar-refractivity contribution in [1.82, 2.24) is 10.2 Å². The zero-order valence-electron chi connectivity index (χ0n) is 10.1. The molecule has 2 unspecified atom stereocenters. The Kier molecular flexibility index (Phi) is 2.63. The minimum atomic E-state index is 0.236. The number of fused-ring (bicyclic) bond motifs is 1. The van der Waals surface area contributed by atoms with Gasteiger partial charge in [0.15, 0.2) is 0 Å². The molecule has 0 aromatic heterocycles. The van der Waals surface area contributed by atoms with Gasteiger partial charge in [-0.15, -0.1) is 0 Å². The normalized spacial score (nSPS) is 31.0.